The first kappa shape index (κ1) is 5.52. The molecule has 4 nitrogen and oxygen atoms in total. The second kappa shape index (κ2) is 1.84. The topological polar surface area (TPSA) is 66.6 Å². The molecule has 0 radical (unpaired) electrons. The monoisotopic (exact) mass is 110 g/mol. The molecule has 0 aliphatic heterocycles. The first-order valence-corrected chi connectivity index (χ1v) is 1.42. The molecule has 0 saturated heterocycles. The van der Waals surface area contributed by atoms with Crippen molar-refractivity contribution in [3.8, 4) is 0 Å². The van der Waals surface area contributed by atoms with Crippen LogP contribution in [0, 0.1) is 0 Å². The van der Waals surface area contributed by atoms with Crippen molar-refractivity contribution in [1.82, 2.24) is 4.58 Å². The molecule has 36 valence electrons. The summed E-state index contributed by atoms with van der Waals surface area (Å²) in [6, 6.07) is -1.09. The number of hydrogen-bond acceptors (Lipinski definition) is 2. The fourth-order valence-corrected chi connectivity index (χ4v) is 0. The summed E-state index contributed by atoms with van der Waals surface area (Å²) in [5, 5.41) is 7.75. The highest BCUT2D eigenvalue weighted by Gasteiger charge is 1.95. The van der Waals surface area contributed by atoms with E-state index < -0.39 is 6.03 Å². The Labute approximate surface area is 39.2 Å². The van der Waals surface area contributed by atoms with Crippen LogP contribution in [-0.2, 0) is 0 Å². The van der Waals surface area contributed by atoms with Crippen LogP contribution in [0.25, 0.3) is 0 Å². The number of urea groups is 1. The molecule has 0 atom stereocenters. The number of amides is 2. The minimum atomic E-state index is -1.09. The van der Waals surface area contributed by atoms with Crippen molar-refractivity contribution in [2.24, 2.45) is 5.73 Å². The van der Waals surface area contributed by atoms with Crippen LogP contribution in [0.5, 0.6) is 0 Å². The molecule has 0 unspecified atom stereocenters. The third kappa shape index (κ3) is 1.80. The van der Waals surface area contributed by atoms with E-state index in [1.54, 1.807) is 0 Å². The zero-order valence-corrected chi connectivity index (χ0v) is 3.51. The fraction of sp³-hybridized carbons (Fsp3) is 0. The second-order valence-electron chi connectivity index (χ2n) is 0.598. The quantitative estimate of drug-likeness (QED) is 0.260. The number of hydroxylamine groups is 1. The summed E-state index contributed by atoms with van der Waals surface area (Å²) in [4.78, 5) is 9.47. The van der Waals surface area contributed by atoms with Crippen LogP contribution in [0.4, 0.5) is 4.79 Å². The Morgan fingerprint density at radius 3 is 2.17 bits per heavy atom. The van der Waals surface area contributed by atoms with Crippen molar-refractivity contribution in [2.45, 2.75) is 0 Å². The maximum absolute atomic E-state index is 9.47. The molecule has 0 saturated carbocycles. The number of primary amides is 1. The van der Waals surface area contributed by atoms with Gasteiger partial charge >= 0.3 is 6.03 Å². The number of nitrogens with two attached hydrogens (primary N) is 1. The van der Waals surface area contributed by atoms with Gasteiger partial charge in [-0.05, 0) is 0 Å². The lowest BCUT2D eigenvalue weighted by molar-refractivity contribution is 0.0485. The van der Waals surface area contributed by atoms with E-state index in [2.05, 4.69) is 17.5 Å². The Balaban J connectivity index is 3.26. The first-order chi connectivity index (χ1) is 2.64. The van der Waals surface area contributed by atoms with Crippen LogP contribution in [0.3, 0.4) is 0 Å². The zero-order valence-electron chi connectivity index (χ0n) is 2.76. The van der Waals surface area contributed by atoms with Gasteiger partial charge < -0.3 is 5.73 Å². The summed E-state index contributed by atoms with van der Waals surface area (Å²) < 4.78 is -0.222. The largest absolute Gasteiger partial charge is 0.354 e. The molecule has 0 spiro atoms. The van der Waals surface area contributed by atoms with E-state index in [9.17, 15) is 4.79 Å². The van der Waals surface area contributed by atoms with Gasteiger partial charge in [0.15, 0.2) is 0 Å². The zero-order chi connectivity index (χ0) is 5.15. The van der Waals surface area contributed by atoms with Crippen LogP contribution in [-0.4, -0.2) is 15.8 Å². The average molecular weight is 110 g/mol. The molecule has 5 heteroatoms. The molecule has 0 fully saturated rings. The van der Waals surface area contributed by atoms with E-state index in [1.807, 2.05) is 0 Å². The van der Waals surface area contributed by atoms with E-state index in [0.29, 0.717) is 0 Å². The smallest absolute Gasteiger partial charge is 0.349 e. The van der Waals surface area contributed by atoms with Gasteiger partial charge in [0.2, 0.25) is 0 Å². The summed E-state index contributed by atoms with van der Waals surface area (Å²) in [5.74, 6) is 0. The molecule has 3 N–H and O–H groups in total. The third-order valence-corrected chi connectivity index (χ3v) is 0.348. The van der Waals surface area contributed by atoms with Gasteiger partial charge in [0.1, 0.15) is 0 Å². The molecule has 0 aliphatic rings. The summed E-state index contributed by atoms with van der Waals surface area (Å²) in [6.07, 6.45) is 0. The molecule has 0 heterocycles. The summed E-state index contributed by atoms with van der Waals surface area (Å²) >= 11 is 4.53. The molecular formula is CH3ClN2O2. The van der Waals surface area contributed by atoms with Crippen molar-refractivity contribution in [2.75, 3.05) is 0 Å². The maximum Gasteiger partial charge on any atom is 0.354 e. The molecule has 2 amide bonds. The minimum absolute atomic E-state index is 0.222. The summed E-state index contributed by atoms with van der Waals surface area (Å²) in [7, 11) is 0. The Kier molecular flexibility index (Phi) is 1.69. The molecular weight excluding hydrogens is 107 g/mol. The van der Waals surface area contributed by atoms with Gasteiger partial charge in [-0.15, -0.1) is 4.58 Å². The number of carbonyl (C=O) groups is 1. The molecule has 0 rings (SSSR count). The lowest BCUT2D eigenvalue weighted by Crippen LogP contribution is -2.23. The predicted molar refractivity (Wildman–Crippen MR) is 19.1 cm³/mol. The van der Waals surface area contributed by atoms with E-state index in [0.717, 1.165) is 0 Å². The molecule has 0 aliphatic carbocycles. The van der Waals surface area contributed by atoms with Crippen molar-refractivity contribution in [3.63, 3.8) is 0 Å². The van der Waals surface area contributed by atoms with Crippen LogP contribution in [0.15, 0.2) is 0 Å². The van der Waals surface area contributed by atoms with Crippen LogP contribution in [0.2, 0.25) is 0 Å². The Morgan fingerprint density at radius 1 is 2.00 bits per heavy atom. The van der Waals surface area contributed by atoms with E-state index in [-0.39, 0.29) is 4.58 Å². The predicted octanol–water partition coefficient (Wildman–Crippen LogP) is -0.0899. The molecule has 0 aromatic rings. The summed E-state index contributed by atoms with van der Waals surface area (Å²) in [6.45, 7) is 0. The first-order valence-electron chi connectivity index (χ1n) is 1.09. The lowest BCUT2D eigenvalue weighted by Gasteiger charge is -1.94. The minimum Gasteiger partial charge on any atom is -0.349 e. The highest BCUT2D eigenvalue weighted by molar-refractivity contribution is 6.19. The Morgan fingerprint density at radius 2 is 2.17 bits per heavy atom. The number of rotatable bonds is 0. The van der Waals surface area contributed by atoms with Gasteiger partial charge in [0.25, 0.3) is 0 Å². The molecule has 0 aromatic heterocycles. The highest BCUT2D eigenvalue weighted by Crippen LogP contribution is 1.80. The fourth-order valence-electron chi connectivity index (χ4n) is 0. The molecule has 0 bridgehead atoms. The summed E-state index contributed by atoms with van der Waals surface area (Å²) in [5.41, 5.74) is 4.34. The van der Waals surface area contributed by atoms with Gasteiger partial charge in [0, 0.05) is 11.8 Å². The van der Waals surface area contributed by atoms with E-state index in [4.69, 9.17) is 5.21 Å². The van der Waals surface area contributed by atoms with E-state index in [1.165, 1.54) is 0 Å². The normalized spacial score (nSPS) is 7.67. The maximum atomic E-state index is 9.47. The second-order valence-corrected chi connectivity index (χ2v) is 0.919. The Hall–Kier alpha value is -0.480. The van der Waals surface area contributed by atoms with Crippen LogP contribution < -0.4 is 5.73 Å². The van der Waals surface area contributed by atoms with Gasteiger partial charge in [0.05, 0.1) is 0 Å². The van der Waals surface area contributed by atoms with Gasteiger partial charge in [-0.25, -0.2) is 4.79 Å². The van der Waals surface area contributed by atoms with Gasteiger partial charge in [-0.2, -0.15) is 0 Å². The van der Waals surface area contributed by atoms with Crippen molar-refractivity contribution < 1.29 is 10.0 Å². The van der Waals surface area contributed by atoms with Crippen LogP contribution in [0.1, 0.15) is 0 Å². The third-order valence-electron chi connectivity index (χ3n) is 0.182. The average Bonchev–Trinajstić information content (AvgIpc) is 1.36. The van der Waals surface area contributed by atoms with Crippen molar-refractivity contribution in [1.29, 1.82) is 0 Å². The van der Waals surface area contributed by atoms with Gasteiger partial charge in [-0.1, -0.05) is 0 Å². The SMILES string of the molecule is NC(=O)N(O)Cl. The number of nitrogens with zero attached hydrogens (tertiary/aromatic N) is 1. The van der Waals surface area contributed by atoms with E-state index >= 15 is 0 Å². The Bertz CT molecular complexity index is 62.6. The van der Waals surface area contributed by atoms with Crippen molar-refractivity contribution >= 4 is 17.8 Å². The number of carbonyl (C=O) groups excluding carboxylic acids is 1. The molecule has 0 aromatic carbocycles. The van der Waals surface area contributed by atoms with Gasteiger partial charge in [-0.3, -0.25) is 5.21 Å². The number of halogens is 1. The number of hydrogen-bond donors (Lipinski definition) is 2. The van der Waals surface area contributed by atoms with Crippen LogP contribution >= 0.6 is 11.8 Å². The highest BCUT2D eigenvalue weighted by atomic mass is 35.5. The lowest BCUT2D eigenvalue weighted by atomic mass is 11.2. The van der Waals surface area contributed by atoms with Crippen molar-refractivity contribution in [3.05, 3.63) is 0 Å². The standard InChI is InChI=1S/CH3ClN2O2/c2-4(6)1(3)5/h6H,(H2,3,5). The molecule has 6 heavy (non-hydrogen) atoms.